The highest BCUT2D eigenvalue weighted by Gasteiger charge is 2.43. The molecule has 2 aromatic rings. The topological polar surface area (TPSA) is 69.3 Å². The Bertz CT molecular complexity index is 923. The zero-order valence-electron chi connectivity index (χ0n) is 15.3. The molecule has 146 valence electrons. The van der Waals surface area contributed by atoms with Gasteiger partial charge in [-0.15, -0.1) is 11.3 Å². The number of fused-ring (bicyclic) bond motifs is 1. The van der Waals surface area contributed by atoms with E-state index in [1.54, 1.807) is 18.2 Å². The van der Waals surface area contributed by atoms with E-state index in [9.17, 15) is 9.18 Å². The largest absolute Gasteiger partial charge is 0.330 e. The lowest BCUT2D eigenvalue weighted by molar-refractivity contribution is -0.119. The van der Waals surface area contributed by atoms with E-state index in [2.05, 4.69) is 21.1 Å². The third kappa shape index (κ3) is 3.11. The first-order chi connectivity index (χ1) is 13.7. The maximum atomic E-state index is 14.1. The molecule has 2 saturated heterocycles. The molecule has 1 aromatic heterocycles. The van der Waals surface area contributed by atoms with E-state index < -0.39 is 0 Å². The number of aromatic nitrogens is 1. The van der Waals surface area contributed by atoms with E-state index in [1.165, 1.54) is 17.4 Å². The van der Waals surface area contributed by atoms with Crippen LogP contribution in [-0.4, -0.2) is 41.7 Å². The summed E-state index contributed by atoms with van der Waals surface area (Å²) in [5.41, 5.74) is 5.69. The zero-order chi connectivity index (χ0) is 19.1. The van der Waals surface area contributed by atoms with Crippen molar-refractivity contribution in [2.75, 3.05) is 19.6 Å². The number of carbonyl (C=O) groups is 1. The molecule has 4 heterocycles. The second-order valence-electron chi connectivity index (χ2n) is 7.44. The van der Waals surface area contributed by atoms with Crippen LogP contribution in [0.5, 0.6) is 0 Å². The number of carbonyl (C=O) groups excluding carboxylic acids is 1. The predicted molar refractivity (Wildman–Crippen MR) is 106 cm³/mol. The van der Waals surface area contributed by atoms with Crippen molar-refractivity contribution in [3.05, 3.63) is 52.2 Å². The number of benzene rings is 1. The standard InChI is InChI=1S/C20H22FN5OS/c21-15-4-2-1-3-13(15)16-11-28-20(24-16)14-10-23-26-17(9-18(27)25-19(14)26)12-5-7-22-8-6-12/h1-4,9,11-12,14,19,22-23H,5-8,10H2,(H,25,27). The SMILES string of the molecule is O=C1C=C(C2CCNCC2)N2NCC(c3nc(-c4ccccc4F)cs3)C2N1. The van der Waals surface area contributed by atoms with Gasteiger partial charge in [-0.1, -0.05) is 12.1 Å². The van der Waals surface area contributed by atoms with Crippen LogP contribution in [0.25, 0.3) is 11.3 Å². The number of piperidine rings is 1. The molecule has 0 saturated carbocycles. The monoisotopic (exact) mass is 399 g/mol. The first-order valence-corrected chi connectivity index (χ1v) is 10.5. The number of hydrogen-bond donors (Lipinski definition) is 3. The lowest BCUT2D eigenvalue weighted by atomic mass is 9.92. The molecule has 0 spiro atoms. The summed E-state index contributed by atoms with van der Waals surface area (Å²) in [6.07, 6.45) is 3.63. The van der Waals surface area contributed by atoms with Crippen LogP contribution in [0.3, 0.4) is 0 Å². The molecule has 28 heavy (non-hydrogen) atoms. The summed E-state index contributed by atoms with van der Waals surface area (Å²) in [7, 11) is 0. The summed E-state index contributed by atoms with van der Waals surface area (Å²) in [4.78, 5) is 17.1. The van der Waals surface area contributed by atoms with E-state index in [0.717, 1.165) is 36.6 Å². The number of allylic oxidation sites excluding steroid dienone is 1. The van der Waals surface area contributed by atoms with E-state index in [0.29, 0.717) is 23.7 Å². The van der Waals surface area contributed by atoms with Gasteiger partial charge in [-0.25, -0.2) is 14.8 Å². The average Bonchev–Trinajstić information content (AvgIpc) is 3.35. The summed E-state index contributed by atoms with van der Waals surface area (Å²) in [6, 6.07) is 6.68. The van der Waals surface area contributed by atoms with Crippen LogP contribution >= 0.6 is 11.3 Å². The molecular formula is C20H22FN5OS. The van der Waals surface area contributed by atoms with Crippen molar-refractivity contribution in [2.24, 2.45) is 5.92 Å². The molecule has 5 rings (SSSR count). The number of halogens is 1. The second-order valence-corrected chi connectivity index (χ2v) is 8.33. The van der Waals surface area contributed by atoms with E-state index in [4.69, 9.17) is 4.98 Å². The van der Waals surface area contributed by atoms with Crippen molar-refractivity contribution in [3.8, 4) is 11.3 Å². The lowest BCUT2D eigenvalue weighted by Crippen LogP contribution is -2.53. The summed E-state index contributed by atoms with van der Waals surface area (Å²) in [5, 5.41) is 11.4. The van der Waals surface area contributed by atoms with E-state index >= 15 is 0 Å². The smallest absolute Gasteiger partial charge is 0.247 e. The third-order valence-corrected chi connectivity index (χ3v) is 6.71. The number of nitrogens with zero attached hydrogens (tertiary/aromatic N) is 2. The lowest BCUT2D eigenvalue weighted by Gasteiger charge is -2.38. The summed E-state index contributed by atoms with van der Waals surface area (Å²) < 4.78 is 14.1. The van der Waals surface area contributed by atoms with Crippen molar-refractivity contribution in [1.82, 2.24) is 26.1 Å². The fourth-order valence-electron chi connectivity index (χ4n) is 4.30. The quantitative estimate of drug-likeness (QED) is 0.738. The first kappa shape index (κ1) is 17.8. The zero-order valence-corrected chi connectivity index (χ0v) is 16.1. The summed E-state index contributed by atoms with van der Waals surface area (Å²) in [5.74, 6) is 0.0909. The molecule has 0 bridgehead atoms. The molecule has 1 aromatic carbocycles. The number of thiazole rings is 1. The fourth-order valence-corrected chi connectivity index (χ4v) is 5.25. The molecule has 3 aliphatic rings. The van der Waals surface area contributed by atoms with Crippen molar-refractivity contribution in [1.29, 1.82) is 0 Å². The maximum absolute atomic E-state index is 14.1. The summed E-state index contributed by atoms with van der Waals surface area (Å²) >= 11 is 1.52. The second kappa shape index (κ2) is 7.27. The van der Waals surface area contributed by atoms with Crippen molar-refractivity contribution in [3.63, 3.8) is 0 Å². The van der Waals surface area contributed by atoms with Gasteiger partial charge in [-0.3, -0.25) is 9.80 Å². The Labute approximate surface area is 166 Å². The van der Waals surface area contributed by atoms with Crippen LogP contribution in [0.1, 0.15) is 23.8 Å². The Morgan fingerprint density at radius 1 is 1.21 bits per heavy atom. The highest BCUT2D eigenvalue weighted by atomic mass is 32.1. The van der Waals surface area contributed by atoms with Crippen LogP contribution in [0.2, 0.25) is 0 Å². The Hall–Kier alpha value is -2.29. The Balaban J connectivity index is 1.41. The van der Waals surface area contributed by atoms with E-state index in [-0.39, 0.29) is 23.8 Å². The van der Waals surface area contributed by atoms with Crippen LogP contribution < -0.4 is 16.1 Å². The van der Waals surface area contributed by atoms with Crippen molar-refractivity contribution >= 4 is 17.2 Å². The molecule has 0 radical (unpaired) electrons. The average molecular weight is 399 g/mol. The predicted octanol–water partition coefficient (Wildman–Crippen LogP) is 2.19. The fraction of sp³-hybridized carbons (Fsp3) is 0.400. The third-order valence-electron chi connectivity index (χ3n) is 5.73. The minimum absolute atomic E-state index is 0.0277. The Kier molecular flexibility index (Phi) is 4.62. The van der Waals surface area contributed by atoms with Crippen LogP contribution in [0, 0.1) is 11.7 Å². The van der Waals surface area contributed by atoms with Gasteiger partial charge in [-0.2, -0.15) is 0 Å². The number of hydrogen-bond acceptors (Lipinski definition) is 6. The molecule has 3 aliphatic heterocycles. The molecule has 1 amide bonds. The Morgan fingerprint density at radius 3 is 2.86 bits per heavy atom. The molecule has 2 fully saturated rings. The van der Waals surface area contributed by atoms with Crippen molar-refractivity contribution < 1.29 is 9.18 Å². The molecule has 2 atom stereocenters. The minimum Gasteiger partial charge on any atom is -0.330 e. The van der Waals surface area contributed by atoms with Crippen LogP contribution in [0.4, 0.5) is 4.39 Å². The highest BCUT2D eigenvalue weighted by Crippen LogP contribution is 2.37. The van der Waals surface area contributed by atoms with Gasteiger partial charge in [0.15, 0.2) is 0 Å². The molecule has 8 heteroatoms. The number of hydrazine groups is 1. The van der Waals surface area contributed by atoms with Gasteiger partial charge >= 0.3 is 0 Å². The molecule has 2 unspecified atom stereocenters. The molecule has 3 N–H and O–H groups in total. The van der Waals surface area contributed by atoms with Gasteiger partial charge in [0.1, 0.15) is 17.0 Å². The van der Waals surface area contributed by atoms with Gasteiger partial charge in [0.25, 0.3) is 0 Å². The molecular weight excluding hydrogens is 377 g/mol. The van der Waals surface area contributed by atoms with E-state index in [1.807, 2.05) is 11.4 Å². The minimum atomic E-state index is -0.271. The van der Waals surface area contributed by atoms with Gasteiger partial charge in [-0.05, 0) is 38.1 Å². The van der Waals surface area contributed by atoms with Gasteiger partial charge in [0.2, 0.25) is 5.91 Å². The Morgan fingerprint density at radius 2 is 2.04 bits per heavy atom. The number of rotatable bonds is 3. The number of amides is 1. The highest BCUT2D eigenvalue weighted by molar-refractivity contribution is 7.10. The van der Waals surface area contributed by atoms with Crippen LogP contribution in [-0.2, 0) is 4.79 Å². The summed E-state index contributed by atoms with van der Waals surface area (Å²) in [6.45, 7) is 2.64. The van der Waals surface area contributed by atoms with Gasteiger partial charge in [0, 0.05) is 35.2 Å². The number of nitrogens with one attached hydrogen (secondary N) is 3. The molecule has 0 aliphatic carbocycles. The normalized spacial score (nSPS) is 25.4. The van der Waals surface area contributed by atoms with Crippen molar-refractivity contribution in [2.45, 2.75) is 24.9 Å². The maximum Gasteiger partial charge on any atom is 0.247 e. The first-order valence-electron chi connectivity index (χ1n) is 9.66. The van der Waals surface area contributed by atoms with Gasteiger partial charge < -0.3 is 10.6 Å². The van der Waals surface area contributed by atoms with Crippen LogP contribution in [0.15, 0.2) is 41.4 Å². The molecule has 6 nitrogen and oxygen atoms in total. The van der Waals surface area contributed by atoms with Gasteiger partial charge in [0.05, 0.1) is 11.6 Å².